The summed E-state index contributed by atoms with van der Waals surface area (Å²) < 4.78 is 7.32. The van der Waals surface area contributed by atoms with E-state index in [2.05, 4.69) is 22.1 Å². The number of pyridine rings is 2. The van der Waals surface area contributed by atoms with Crippen LogP contribution in [-0.2, 0) is 22.7 Å². The van der Waals surface area contributed by atoms with Gasteiger partial charge in [-0.15, -0.1) is 0 Å². The Morgan fingerprint density at radius 1 is 1.15 bits per heavy atom. The summed E-state index contributed by atoms with van der Waals surface area (Å²) in [7, 11) is 1.70. The SMILES string of the molecule is CCC(c1ccc2c(c1)N(C)C(=O)C(C)(C)C(=O)N2)N(CCn1ccc2oc(C)cc2c1=O)Cc1cccnc1Cl. The van der Waals surface area contributed by atoms with E-state index in [-0.39, 0.29) is 23.4 Å². The van der Waals surface area contributed by atoms with Crippen LogP contribution in [0.3, 0.4) is 0 Å². The summed E-state index contributed by atoms with van der Waals surface area (Å²) in [6.07, 6.45) is 4.17. The van der Waals surface area contributed by atoms with Crippen LogP contribution in [0.15, 0.2) is 64.1 Å². The summed E-state index contributed by atoms with van der Waals surface area (Å²) in [5.74, 6) is 0.0816. The molecule has 4 heterocycles. The minimum Gasteiger partial charge on any atom is -0.461 e. The first kappa shape index (κ1) is 28.6. The Labute approximate surface area is 243 Å². The van der Waals surface area contributed by atoms with E-state index in [4.69, 9.17) is 16.0 Å². The van der Waals surface area contributed by atoms with Gasteiger partial charge in [0.15, 0.2) is 0 Å². The van der Waals surface area contributed by atoms with Gasteiger partial charge in [0.05, 0.1) is 16.8 Å². The molecule has 0 saturated carbocycles. The van der Waals surface area contributed by atoms with Crippen LogP contribution in [0.4, 0.5) is 11.4 Å². The smallest absolute Gasteiger partial charge is 0.261 e. The number of rotatable bonds is 8. The molecule has 0 bridgehead atoms. The van der Waals surface area contributed by atoms with Crippen LogP contribution in [0, 0.1) is 12.3 Å². The van der Waals surface area contributed by atoms with Gasteiger partial charge in [0.2, 0.25) is 11.8 Å². The number of carbonyl (C=O) groups is 2. The second-order valence-electron chi connectivity index (χ2n) is 11.0. The molecule has 1 atom stereocenters. The molecular formula is C31H34ClN5O4. The third-order valence-electron chi connectivity index (χ3n) is 7.87. The van der Waals surface area contributed by atoms with Crippen molar-refractivity contribution in [1.82, 2.24) is 14.5 Å². The molecule has 41 heavy (non-hydrogen) atoms. The maximum Gasteiger partial charge on any atom is 0.261 e. The number of aromatic nitrogens is 2. The van der Waals surface area contributed by atoms with Crippen molar-refractivity contribution in [3.63, 3.8) is 0 Å². The number of nitrogens with one attached hydrogen (secondary N) is 1. The molecule has 0 aliphatic carbocycles. The summed E-state index contributed by atoms with van der Waals surface area (Å²) in [6.45, 7) is 8.68. The number of anilines is 2. The molecule has 1 aliphatic rings. The largest absolute Gasteiger partial charge is 0.461 e. The molecule has 0 saturated heterocycles. The number of aryl methyl sites for hydroxylation is 1. The maximum atomic E-state index is 13.2. The Hall–Kier alpha value is -3.95. The van der Waals surface area contributed by atoms with Gasteiger partial charge < -0.3 is 19.2 Å². The van der Waals surface area contributed by atoms with Crippen molar-refractivity contribution in [3.8, 4) is 0 Å². The average molecular weight is 576 g/mol. The summed E-state index contributed by atoms with van der Waals surface area (Å²) in [6, 6.07) is 13.1. The zero-order chi connectivity index (χ0) is 29.5. The Morgan fingerprint density at radius 3 is 2.66 bits per heavy atom. The number of fused-ring (bicyclic) bond motifs is 2. The van der Waals surface area contributed by atoms with Crippen LogP contribution < -0.4 is 15.8 Å². The van der Waals surface area contributed by atoms with E-state index >= 15 is 0 Å². The Balaban J connectivity index is 1.51. The summed E-state index contributed by atoms with van der Waals surface area (Å²) in [4.78, 5) is 47.2. The molecule has 214 valence electrons. The van der Waals surface area contributed by atoms with Crippen LogP contribution in [0.25, 0.3) is 11.0 Å². The van der Waals surface area contributed by atoms with Crippen molar-refractivity contribution in [1.29, 1.82) is 0 Å². The summed E-state index contributed by atoms with van der Waals surface area (Å²) in [5, 5.41) is 3.90. The second-order valence-corrected chi connectivity index (χ2v) is 11.4. The van der Waals surface area contributed by atoms with Crippen LogP contribution >= 0.6 is 11.6 Å². The van der Waals surface area contributed by atoms with Gasteiger partial charge in [0.1, 0.15) is 21.9 Å². The molecule has 1 aromatic carbocycles. The number of carbonyl (C=O) groups excluding carboxylic acids is 2. The zero-order valence-corrected chi connectivity index (χ0v) is 24.7. The predicted octanol–water partition coefficient (Wildman–Crippen LogP) is 5.55. The minimum absolute atomic E-state index is 0.0809. The normalized spacial score (nSPS) is 15.6. The highest BCUT2D eigenvalue weighted by Gasteiger charge is 2.42. The molecule has 0 fully saturated rings. The lowest BCUT2D eigenvalue weighted by Crippen LogP contribution is -2.43. The lowest BCUT2D eigenvalue weighted by molar-refractivity contribution is -0.136. The number of benzene rings is 1. The van der Waals surface area contributed by atoms with Crippen LogP contribution in [0.2, 0.25) is 5.15 Å². The van der Waals surface area contributed by atoms with Gasteiger partial charge in [-0.25, -0.2) is 4.98 Å². The number of amides is 2. The topological polar surface area (TPSA) is 101 Å². The number of hydrogen-bond acceptors (Lipinski definition) is 6. The van der Waals surface area contributed by atoms with E-state index in [1.54, 1.807) is 48.8 Å². The number of halogens is 1. The summed E-state index contributed by atoms with van der Waals surface area (Å²) in [5.41, 5.74) is 2.37. The monoisotopic (exact) mass is 575 g/mol. The van der Waals surface area contributed by atoms with Crippen molar-refractivity contribution in [2.45, 2.75) is 53.2 Å². The fourth-order valence-electron chi connectivity index (χ4n) is 5.46. The molecule has 0 radical (unpaired) electrons. The summed E-state index contributed by atoms with van der Waals surface area (Å²) >= 11 is 6.47. The minimum atomic E-state index is -1.19. The van der Waals surface area contributed by atoms with Gasteiger partial charge >= 0.3 is 0 Å². The molecule has 1 aliphatic heterocycles. The fraction of sp³-hybridized carbons (Fsp3) is 0.355. The maximum absolute atomic E-state index is 13.2. The van der Waals surface area contributed by atoms with Crippen LogP contribution in [0.1, 0.15) is 50.1 Å². The zero-order valence-electron chi connectivity index (χ0n) is 23.9. The van der Waals surface area contributed by atoms with E-state index in [0.717, 1.165) is 17.5 Å². The standard InChI is InChI=1S/C31H34ClN5O4/c1-6-24(20-9-10-23-25(17-20)35(5)30(40)31(3,4)29(39)34-23)37(18-21-8-7-12-33-27(21)32)15-14-36-13-11-26-22(28(36)38)16-19(2)41-26/h7-13,16-17,24H,6,14-15,18H2,1-5H3,(H,34,39). The van der Waals surface area contributed by atoms with E-state index < -0.39 is 5.41 Å². The molecule has 1 unspecified atom stereocenters. The average Bonchev–Trinajstić information content (AvgIpc) is 3.32. The lowest BCUT2D eigenvalue weighted by atomic mass is 9.91. The van der Waals surface area contributed by atoms with Crippen molar-refractivity contribution in [3.05, 3.63) is 87.3 Å². The van der Waals surface area contributed by atoms with Gasteiger partial charge in [0, 0.05) is 50.7 Å². The third kappa shape index (κ3) is 5.39. The lowest BCUT2D eigenvalue weighted by Gasteiger charge is -2.33. The molecular weight excluding hydrogens is 542 g/mol. The molecule has 1 N–H and O–H groups in total. The van der Waals surface area contributed by atoms with E-state index in [1.807, 2.05) is 43.3 Å². The second kappa shape index (κ2) is 11.1. The first-order chi connectivity index (χ1) is 19.5. The van der Waals surface area contributed by atoms with Gasteiger partial charge in [-0.3, -0.25) is 19.3 Å². The van der Waals surface area contributed by atoms with Gasteiger partial charge in [-0.1, -0.05) is 30.7 Å². The number of furan rings is 1. The number of nitrogens with zero attached hydrogens (tertiary/aromatic N) is 4. The molecule has 2 amide bonds. The Bertz CT molecular complexity index is 1690. The highest BCUT2D eigenvalue weighted by atomic mass is 35.5. The molecule has 9 nitrogen and oxygen atoms in total. The highest BCUT2D eigenvalue weighted by Crippen LogP contribution is 2.38. The molecule has 5 rings (SSSR count). The van der Waals surface area contributed by atoms with Crippen molar-refractivity contribution < 1.29 is 14.0 Å². The molecule has 4 aromatic rings. The van der Waals surface area contributed by atoms with E-state index in [9.17, 15) is 14.4 Å². The molecule has 3 aromatic heterocycles. The molecule has 0 spiro atoms. The Morgan fingerprint density at radius 2 is 1.93 bits per heavy atom. The van der Waals surface area contributed by atoms with Crippen molar-refractivity contribution in [2.75, 3.05) is 23.8 Å². The highest BCUT2D eigenvalue weighted by molar-refractivity contribution is 6.30. The molecule has 10 heteroatoms. The van der Waals surface area contributed by atoms with Gasteiger partial charge in [0.25, 0.3) is 5.56 Å². The van der Waals surface area contributed by atoms with Crippen molar-refractivity contribution in [2.24, 2.45) is 5.41 Å². The Kier molecular flexibility index (Phi) is 7.76. The third-order valence-corrected chi connectivity index (χ3v) is 8.21. The quantitative estimate of drug-likeness (QED) is 0.218. The predicted molar refractivity (Wildman–Crippen MR) is 160 cm³/mol. The van der Waals surface area contributed by atoms with E-state index in [0.29, 0.717) is 52.9 Å². The van der Waals surface area contributed by atoms with Crippen molar-refractivity contribution >= 4 is 45.8 Å². The van der Waals surface area contributed by atoms with Gasteiger partial charge in [-0.2, -0.15) is 0 Å². The van der Waals surface area contributed by atoms with E-state index in [1.165, 1.54) is 0 Å². The van der Waals surface area contributed by atoms with Crippen LogP contribution in [0.5, 0.6) is 0 Å². The van der Waals surface area contributed by atoms with Gasteiger partial charge in [-0.05, 0) is 63.1 Å². The van der Waals surface area contributed by atoms with Crippen LogP contribution in [-0.4, -0.2) is 39.9 Å². The first-order valence-electron chi connectivity index (χ1n) is 13.7. The fourth-order valence-corrected chi connectivity index (χ4v) is 5.64. The number of hydrogen-bond donors (Lipinski definition) is 1. The first-order valence-corrected chi connectivity index (χ1v) is 14.1.